The van der Waals surface area contributed by atoms with Crippen LogP contribution in [0.1, 0.15) is 27.7 Å². The zero-order valence-electron chi connectivity index (χ0n) is 10.00. The molecule has 15 heavy (non-hydrogen) atoms. The highest BCUT2D eigenvalue weighted by Gasteiger charge is 2.30. The van der Waals surface area contributed by atoms with E-state index in [9.17, 15) is 9.59 Å². The summed E-state index contributed by atoms with van der Waals surface area (Å²) in [4.78, 5) is 24.5. The summed E-state index contributed by atoms with van der Waals surface area (Å²) in [5.41, 5.74) is -0.665. The summed E-state index contributed by atoms with van der Waals surface area (Å²) >= 11 is 0. The molecule has 0 saturated heterocycles. The number of amides is 1. The van der Waals surface area contributed by atoms with Gasteiger partial charge in [0.15, 0.2) is 0 Å². The Morgan fingerprint density at radius 3 is 2.20 bits per heavy atom. The van der Waals surface area contributed by atoms with Gasteiger partial charge in [0.25, 0.3) is 5.91 Å². The van der Waals surface area contributed by atoms with Gasteiger partial charge in [-0.2, -0.15) is 5.26 Å². The Morgan fingerprint density at radius 2 is 1.87 bits per heavy atom. The number of carbonyl (C=O) groups is 2. The molecule has 0 radical (unpaired) electrons. The minimum atomic E-state index is -0.665. The number of rotatable bonds is 3. The third kappa shape index (κ3) is 4.11. The van der Waals surface area contributed by atoms with Crippen LogP contribution in [0, 0.1) is 22.7 Å². The molecule has 0 aromatic carbocycles. The van der Waals surface area contributed by atoms with Gasteiger partial charge >= 0.3 is 0 Å². The summed E-state index contributed by atoms with van der Waals surface area (Å²) in [6.07, 6.45) is 0. The van der Waals surface area contributed by atoms with E-state index in [1.165, 1.54) is 4.90 Å². The lowest BCUT2D eigenvalue weighted by molar-refractivity contribution is -0.148. The van der Waals surface area contributed by atoms with Crippen LogP contribution in [0.15, 0.2) is 0 Å². The molecule has 1 amide bonds. The Hall–Kier alpha value is -1.37. The molecule has 0 aliphatic carbocycles. The summed E-state index contributed by atoms with van der Waals surface area (Å²) in [7, 11) is 1.54. The van der Waals surface area contributed by atoms with Crippen LogP contribution in [0.25, 0.3) is 0 Å². The van der Waals surface area contributed by atoms with Gasteiger partial charge in [0.05, 0.1) is 12.0 Å². The topological polar surface area (TPSA) is 61.2 Å². The van der Waals surface area contributed by atoms with Crippen molar-refractivity contribution >= 4 is 11.7 Å². The predicted molar refractivity (Wildman–Crippen MR) is 56.9 cm³/mol. The van der Waals surface area contributed by atoms with Crippen molar-refractivity contribution < 1.29 is 9.59 Å². The van der Waals surface area contributed by atoms with Gasteiger partial charge < -0.3 is 4.90 Å². The molecule has 84 valence electrons. The minimum absolute atomic E-state index is 0.258. The van der Waals surface area contributed by atoms with Crippen molar-refractivity contribution in [3.8, 4) is 6.07 Å². The molecule has 0 N–H and O–H groups in total. The van der Waals surface area contributed by atoms with E-state index in [1.807, 2.05) is 6.07 Å². The maximum Gasteiger partial charge on any atom is 0.290 e. The first-order valence-corrected chi connectivity index (χ1v) is 4.89. The third-order valence-electron chi connectivity index (χ3n) is 1.99. The largest absolute Gasteiger partial charge is 0.338 e. The van der Waals surface area contributed by atoms with Gasteiger partial charge in [0, 0.05) is 19.0 Å². The minimum Gasteiger partial charge on any atom is -0.338 e. The Bertz CT molecular complexity index is 297. The maximum absolute atomic E-state index is 11.6. The number of Topliss-reactive ketones (excluding diaryl/α,β-unsaturated/α-hetero) is 1. The monoisotopic (exact) mass is 210 g/mol. The van der Waals surface area contributed by atoms with E-state index >= 15 is 0 Å². The van der Waals surface area contributed by atoms with E-state index in [4.69, 9.17) is 5.26 Å². The maximum atomic E-state index is 11.6. The van der Waals surface area contributed by atoms with Crippen LogP contribution in [0.4, 0.5) is 0 Å². The van der Waals surface area contributed by atoms with Crippen LogP contribution in [0.2, 0.25) is 0 Å². The van der Waals surface area contributed by atoms with Crippen LogP contribution in [-0.4, -0.2) is 30.2 Å². The lowest BCUT2D eigenvalue weighted by atomic mass is 9.90. The van der Waals surface area contributed by atoms with Crippen LogP contribution < -0.4 is 0 Å². The van der Waals surface area contributed by atoms with Crippen molar-refractivity contribution in [3.63, 3.8) is 0 Å². The number of carbonyl (C=O) groups excluding carboxylic acids is 2. The third-order valence-corrected chi connectivity index (χ3v) is 1.99. The molecule has 0 heterocycles. The molecular formula is C11H18N2O2. The van der Waals surface area contributed by atoms with Gasteiger partial charge in [0.1, 0.15) is 0 Å². The molecular weight excluding hydrogens is 192 g/mol. The average molecular weight is 210 g/mol. The standard InChI is InChI=1S/C11H18N2O2/c1-8(6-12)7-13(5)10(15)9(14)11(2,3)4/h8H,7H2,1-5H3. The van der Waals surface area contributed by atoms with Gasteiger partial charge in [-0.15, -0.1) is 0 Å². The highest BCUT2D eigenvalue weighted by atomic mass is 16.2. The Balaban J connectivity index is 4.48. The molecule has 0 saturated carbocycles. The van der Waals surface area contributed by atoms with E-state index in [-0.39, 0.29) is 12.5 Å². The van der Waals surface area contributed by atoms with Crippen LogP contribution >= 0.6 is 0 Å². The normalized spacial score (nSPS) is 12.8. The highest BCUT2D eigenvalue weighted by molar-refractivity contribution is 6.37. The first-order chi connectivity index (χ1) is 6.70. The van der Waals surface area contributed by atoms with Gasteiger partial charge in [-0.05, 0) is 6.92 Å². The number of likely N-dealkylation sites (N-methyl/N-ethyl adjacent to an activating group) is 1. The summed E-state index contributed by atoms with van der Waals surface area (Å²) in [6, 6.07) is 2.02. The van der Waals surface area contributed by atoms with Crippen molar-refractivity contribution in [1.82, 2.24) is 4.90 Å². The van der Waals surface area contributed by atoms with Crippen molar-refractivity contribution in [2.24, 2.45) is 11.3 Å². The fourth-order valence-corrected chi connectivity index (χ4v) is 1.03. The number of hydrogen-bond donors (Lipinski definition) is 0. The molecule has 1 unspecified atom stereocenters. The molecule has 0 aromatic heterocycles. The van der Waals surface area contributed by atoms with E-state index in [2.05, 4.69) is 0 Å². The molecule has 4 heteroatoms. The van der Waals surface area contributed by atoms with Crippen LogP contribution in [0.3, 0.4) is 0 Å². The molecule has 0 aromatic rings. The second-order valence-electron chi connectivity index (χ2n) is 4.79. The molecule has 1 atom stereocenters. The van der Waals surface area contributed by atoms with Gasteiger partial charge in [-0.1, -0.05) is 20.8 Å². The molecule has 0 aliphatic heterocycles. The van der Waals surface area contributed by atoms with Gasteiger partial charge in [0.2, 0.25) is 5.78 Å². The Kier molecular flexibility index (Phi) is 4.47. The van der Waals surface area contributed by atoms with E-state index in [0.29, 0.717) is 0 Å². The summed E-state index contributed by atoms with van der Waals surface area (Å²) in [5.74, 6) is -1.20. The molecule has 4 nitrogen and oxygen atoms in total. The molecule has 0 bridgehead atoms. The Labute approximate surface area is 90.9 Å². The summed E-state index contributed by atoms with van der Waals surface area (Å²) in [6.45, 7) is 7.11. The first-order valence-electron chi connectivity index (χ1n) is 4.89. The smallest absolute Gasteiger partial charge is 0.290 e. The lowest BCUT2D eigenvalue weighted by Crippen LogP contribution is -2.41. The van der Waals surface area contributed by atoms with Gasteiger partial charge in [-0.25, -0.2) is 0 Å². The van der Waals surface area contributed by atoms with Gasteiger partial charge in [-0.3, -0.25) is 9.59 Å². The summed E-state index contributed by atoms with van der Waals surface area (Å²) < 4.78 is 0. The first kappa shape index (κ1) is 13.6. The second-order valence-corrected chi connectivity index (χ2v) is 4.79. The van der Waals surface area contributed by atoms with Crippen LogP contribution in [0.5, 0.6) is 0 Å². The number of nitrogens with zero attached hydrogens (tertiary/aromatic N) is 2. The van der Waals surface area contributed by atoms with Crippen molar-refractivity contribution in [1.29, 1.82) is 5.26 Å². The van der Waals surface area contributed by atoms with Crippen molar-refractivity contribution in [3.05, 3.63) is 0 Å². The quantitative estimate of drug-likeness (QED) is 0.658. The second kappa shape index (κ2) is 4.92. The van der Waals surface area contributed by atoms with Crippen molar-refractivity contribution in [2.45, 2.75) is 27.7 Å². The summed E-state index contributed by atoms with van der Waals surface area (Å²) in [5, 5.41) is 8.59. The average Bonchev–Trinajstić information content (AvgIpc) is 2.13. The number of hydrogen-bond acceptors (Lipinski definition) is 3. The SMILES string of the molecule is CC(C#N)CN(C)C(=O)C(=O)C(C)(C)C. The molecule has 0 aliphatic rings. The zero-order chi connectivity index (χ0) is 12.2. The van der Waals surface area contributed by atoms with Crippen molar-refractivity contribution in [2.75, 3.05) is 13.6 Å². The van der Waals surface area contributed by atoms with E-state index < -0.39 is 17.1 Å². The fraction of sp³-hybridized carbons (Fsp3) is 0.727. The fourth-order valence-electron chi connectivity index (χ4n) is 1.03. The number of nitriles is 1. The highest BCUT2D eigenvalue weighted by Crippen LogP contribution is 2.16. The van der Waals surface area contributed by atoms with E-state index in [1.54, 1.807) is 34.7 Å². The van der Waals surface area contributed by atoms with E-state index in [0.717, 1.165) is 0 Å². The number of ketones is 1. The van der Waals surface area contributed by atoms with Crippen LogP contribution in [-0.2, 0) is 9.59 Å². The molecule has 0 rings (SSSR count). The predicted octanol–water partition coefficient (Wildman–Crippen LogP) is 1.22. The lowest BCUT2D eigenvalue weighted by Gasteiger charge is -2.22. The molecule has 0 spiro atoms. The Morgan fingerprint density at radius 1 is 1.40 bits per heavy atom. The zero-order valence-corrected chi connectivity index (χ0v) is 10.00. The molecule has 0 fully saturated rings.